The summed E-state index contributed by atoms with van der Waals surface area (Å²) in [5, 5.41) is 3.02. The minimum Gasteiger partial charge on any atom is -0.353 e. The number of amides is 1. The molecule has 2 aliphatic carbocycles. The van der Waals surface area contributed by atoms with Crippen molar-refractivity contribution < 1.29 is 4.79 Å². The molecule has 0 heterocycles. The van der Waals surface area contributed by atoms with Crippen molar-refractivity contribution in [3.05, 3.63) is 0 Å². The largest absolute Gasteiger partial charge is 0.353 e. The predicted octanol–water partition coefficient (Wildman–Crippen LogP) is 2.27. The summed E-state index contributed by atoms with van der Waals surface area (Å²) in [5.74, 6) is 0.709. The summed E-state index contributed by atoms with van der Waals surface area (Å²) in [5.41, 5.74) is 6.06. The van der Waals surface area contributed by atoms with Gasteiger partial charge in [-0.1, -0.05) is 44.9 Å². The number of hydrogen-bond donors (Lipinski definition) is 2. The molecule has 0 aromatic rings. The zero-order valence-corrected chi connectivity index (χ0v) is 13.7. The van der Waals surface area contributed by atoms with E-state index in [4.69, 9.17) is 5.73 Å². The standard InChI is InChI=1S/C17H33N3O/c1-20(15-9-5-6-10-15)12-11-19-17(21)16(18)13-14-7-3-2-4-8-14/h14-16H,2-13,18H2,1H3,(H,19,21). The van der Waals surface area contributed by atoms with E-state index in [2.05, 4.69) is 17.3 Å². The molecule has 21 heavy (non-hydrogen) atoms. The van der Waals surface area contributed by atoms with Gasteiger partial charge in [0.25, 0.3) is 0 Å². The van der Waals surface area contributed by atoms with Crippen LogP contribution in [-0.4, -0.2) is 43.0 Å². The Morgan fingerprint density at radius 1 is 1.14 bits per heavy atom. The van der Waals surface area contributed by atoms with E-state index in [0.29, 0.717) is 5.92 Å². The molecule has 1 atom stereocenters. The van der Waals surface area contributed by atoms with Gasteiger partial charge in [0, 0.05) is 19.1 Å². The molecule has 2 fully saturated rings. The lowest BCUT2D eigenvalue weighted by Gasteiger charge is -2.25. The van der Waals surface area contributed by atoms with Gasteiger partial charge < -0.3 is 16.0 Å². The molecular weight excluding hydrogens is 262 g/mol. The topological polar surface area (TPSA) is 58.4 Å². The highest BCUT2D eigenvalue weighted by molar-refractivity contribution is 5.81. The van der Waals surface area contributed by atoms with Crippen molar-refractivity contribution in [3.8, 4) is 0 Å². The molecule has 0 radical (unpaired) electrons. The summed E-state index contributed by atoms with van der Waals surface area (Å²) in [7, 11) is 2.17. The van der Waals surface area contributed by atoms with Crippen molar-refractivity contribution in [1.29, 1.82) is 0 Å². The number of rotatable bonds is 7. The minimum atomic E-state index is -0.315. The zero-order valence-electron chi connectivity index (χ0n) is 13.7. The summed E-state index contributed by atoms with van der Waals surface area (Å²) in [6, 6.07) is 0.405. The van der Waals surface area contributed by atoms with Crippen molar-refractivity contribution in [3.63, 3.8) is 0 Å². The van der Waals surface area contributed by atoms with E-state index in [1.165, 1.54) is 57.8 Å². The van der Waals surface area contributed by atoms with Crippen LogP contribution in [0.4, 0.5) is 0 Å². The maximum atomic E-state index is 12.1. The van der Waals surface area contributed by atoms with Crippen molar-refractivity contribution in [2.45, 2.75) is 76.3 Å². The minimum absolute atomic E-state index is 0.0420. The maximum absolute atomic E-state index is 12.1. The summed E-state index contributed by atoms with van der Waals surface area (Å²) in [6.07, 6.45) is 12.7. The molecule has 4 nitrogen and oxygen atoms in total. The fraction of sp³-hybridized carbons (Fsp3) is 0.941. The number of likely N-dealkylation sites (N-methyl/N-ethyl adjacent to an activating group) is 1. The molecule has 2 saturated carbocycles. The molecule has 0 saturated heterocycles. The third-order valence-electron chi connectivity index (χ3n) is 5.36. The molecule has 0 bridgehead atoms. The lowest BCUT2D eigenvalue weighted by Crippen LogP contribution is -2.45. The molecule has 0 aliphatic heterocycles. The Labute approximate surface area is 129 Å². The van der Waals surface area contributed by atoms with Crippen LogP contribution in [0, 0.1) is 5.92 Å². The Bertz CT molecular complexity index is 309. The van der Waals surface area contributed by atoms with E-state index in [-0.39, 0.29) is 11.9 Å². The molecule has 0 spiro atoms. The first-order valence-corrected chi connectivity index (χ1v) is 8.90. The number of hydrogen-bond acceptors (Lipinski definition) is 3. The first kappa shape index (κ1) is 16.8. The highest BCUT2D eigenvalue weighted by atomic mass is 16.2. The normalized spacial score (nSPS) is 22.6. The fourth-order valence-electron chi connectivity index (χ4n) is 3.90. The molecule has 122 valence electrons. The molecular formula is C17H33N3O. The molecule has 1 amide bonds. The second kappa shape index (κ2) is 8.74. The van der Waals surface area contributed by atoms with Crippen molar-refractivity contribution >= 4 is 5.91 Å². The molecule has 2 rings (SSSR count). The molecule has 3 N–H and O–H groups in total. The van der Waals surface area contributed by atoms with Gasteiger partial charge in [-0.15, -0.1) is 0 Å². The molecule has 4 heteroatoms. The van der Waals surface area contributed by atoms with Gasteiger partial charge in [-0.05, 0) is 32.2 Å². The van der Waals surface area contributed by atoms with Crippen LogP contribution < -0.4 is 11.1 Å². The summed E-state index contributed by atoms with van der Waals surface area (Å²) < 4.78 is 0. The van der Waals surface area contributed by atoms with Gasteiger partial charge in [-0.2, -0.15) is 0 Å². The second-order valence-electron chi connectivity index (χ2n) is 7.06. The Balaban J connectivity index is 1.59. The van der Waals surface area contributed by atoms with E-state index < -0.39 is 0 Å². The summed E-state index contributed by atoms with van der Waals surface area (Å²) in [4.78, 5) is 14.5. The van der Waals surface area contributed by atoms with E-state index in [1.807, 2.05) is 0 Å². The average Bonchev–Trinajstić information content (AvgIpc) is 3.02. The van der Waals surface area contributed by atoms with Crippen molar-refractivity contribution in [2.24, 2.45) is 11.7 Å². The van der Waals surface area contributed by atoms with E-state index in [1.54, 1.807) is 0 Å². The van der Waals surface area contributed by atoms with Crippen LogP contribution in [0.2, 0.25) is 0 Å². The maximum Gasteiger partial charge on any atom is 0.236 e. The van der Waals surface area contributed by atoms with Crippen LogP contribution in [0.15, 0.2) is 0 Å². The van der Waals surface area contributed by atoms with Crippen molar-refractivity contribution in [2.75, 3.05) is 20.1 Å². The van der Waals surface area contributed by atoms with Crippen molar-refractivity contribution in [1.82, 2.24) is 10.2 Å². The molecule has 2 aliphatic rings. The summed E-state index contributed by atoms with van der Waals surface area (Å²) in [6.45, 7) is 1.66. The van der Waals surface area contributed by atoms with E-state index in [9.17, 15) is 4.79 Å². The fourth-order valence-corrected chi connectivity index (χ4v) is 3.90. The Hall–Kier alpha value is -0.610. The highest BCUT2D eigenvalue weighted by Crippen LogP contribution is 2.27. The highest BCUT2D eigenvalue weighted by Gasteiger charge is 2.22. The third kappa shape index (κ3) is 5.59. The SMILES string of the molecule is CN(CCNC(=O)C(N)CC1CCCCC1)C1CCCC1. The third-order valence-corrected chi connectivity index (χ3v) is 5.36. The number of carbonyl (C=O) groups excluding carboxylic acids is 1. The van der Waals surface area contributed by atoms with E-state index in [0.717, 1.165) is 25.6 Å². The van der Waals surface area contributed by atoms with E-state index >= 15 is 0 Å². The van der Waals surface area contributed by atoms with Crippen LogP contribution in [0.1, 0.15) is 64.2 Å². The lowest BCUT2D eigenvalue weighted by molar-refractivity contribution is -0.122. The van der Waals surface area contributed by atoms with Gasteiger partial charge in [0.1, 0.15) is 0 Å². The monoisotopic (exact) mass is 295 g/mol. The number of nitrogens with two attached hydrogens (primary N) is 1. The van der Waals surface area contributed by atoms with Gasteiger partial charge in [0.05, 0.1) is 6.04 Å². The molecule has 1 unspecified atom stereocenters. The number of nitrogens with zero attached hydrogens (tertiary/aromatic N) is 1. The second-order valence-corrected chi connectivity index (χ2v) is 7.06. The Morgan fingerprint density at radius 2 is 1.76 bits per heavy atom. The lowest BCUT2D eigenvalue weighted by atomic mass is 9.85. The first-order valence-electron chi connectivity index (χ1n) is 8.90. The number of carbonyl (C=O) groups is 1. The quantitative estimate of drug-likeness (QED) is 0.757. The Morgan fingerprint density at radius 3 is 2.43 bits per heavy atom. The van der Waals surface area contributed by atoms with Gasteiger partial charge in [0.2, 0.25) is 5.91 Å². The molecule has 0 aromatic carbocycles. The van der Waals surface area contributed by atoms with Gasteiger partial charge in [0.15, 0.2) is 0 Å². The van der Waals surface area contributed by atoms with Crippen LogP contribution in [0.5, 0.6) is 0 Å². The van der Waals surface area contributed by atoms with Crippen LogP contribution in [0.25, 0.3) is 0 Å². The smallest absolute Gasteiger partial charge is 0.236 e. The average molecular weight is 295 g/mol. The zero-order chi connectivity index (χ0) is 15.1. The molecule has 0 aromatic heterocycles. The summed E-state index contributed by atoms with van der Waals surface area (Å²) >= 11 is 0. The number of nitrogens with one attached hydrogen (secondary N) is 1. The first-order chi connectivity index (χ1) is 10.2. The predicted molar refractivity (Wildman–Crippen MR) is 87.1 cm³/mol. The van der Waals surface area contributed by atoms with Gasteiger partial charge in [-0.25, -0.2) is 0 Å². The van der Waals surface area contributed by atoms with Gasteiger partial charge in [-0.3, -0.25) is 4.79 Å². The Kier molecular flexibility index (Phi) is 6.97. The van der Waals surface area contributed by atoms with Gasteiger partial charge >= 0.3 is 0 Å². The van der Waals surface area contributed by atoms with Crippen LogP contribution >= 0.6 is 0 Å². The van der Waals surface area contributed by atoms with Crippen LogP contribution in [-0.2, 0) is 4.79 Å². The van der Waals surface area contributed by atoms with Crippen LogP contribution in [0.3, 0.4) is 0 Å².